The van der Waals surface area contributed by atoms with Gasteiger partial charge in [-0.3, -0.25) is 4.90 Å². The summed E-state index contributed by atoms with van der Waals surface area (Å²) in [6.07, 6.45) is 8.00. The molecule has 0 bridgehead atoms. The Balaban J connectivity index is 3.80. The molecule has 1 atom stereocenters. The summed E-state index contributed by atoms with van der Waals surface area (Å²) < 4.78 is 0. The lowest BCUT2D eigenvalue weighted by Crippen LogP contribution is -2.44. The molecule has 0 fully saturated rings. The van der Waals surface area contributed by atoms with Crippen LogP contribution in [0.4, 0.5) is 0 Å². The molecule has 0 radical (unpaired) electrons. The molecule has 0 aliphatic heterocycles. The van der Waals surface area contributed by atoms with E-state index in [1.165, 1.54) is 51.6 Å². The monoisotopic (exact) mass is 256 g/mol. The van der Waals surface area contributed by atoms with E-state index in [2.05, 4.69) is 44.8 Å². The van der Waals surface area contributed by atoms with Crippen LogP contribution in [0.5, 0.6) is 0 Å². The van der Waals surface area contributed by atoms with Gasteiger partial charge in [0, 0.05) is 18.6 Å². The fraction of sp³-hybridized carbons (Fsp3) is 1.00. The van der Waals surface area contributed by atoms with Gasteiger partial charge >= 0.3 is 0 Å². The normalized spacial score (nSPS) is 13.5. The highest BCUT2D eigenvalue weighted by molar-refractivity contribution is 4.73. The minimum absolute atomic E-state index is 0.656. The van der Waals surface area contributed by atoms with Crippen LogP contribution in [0.3, 0.4) is 0 Å². The summed E-state index contributed by atoms with van der Waals surface area (Å²) in [5, 5.41) is 3.60. The van der Waals surface area contributed by atoms with Gasteiger partial charge in [0.2, 0.25) is 0 Å². The molecule has 1 N–H and O–H groups in total. The number of hydrogen-bond acceptors (Lipinski definition) is 2. The molecule has 1 unspecified atom stereocenters. The second-order valence-electron chi connectivity index (χ2n) is 5.80. The van der Waals surface area contributed by atoms with Crippen LogP contribution in [-0.4, -0.2) is 36.6 Å². The molecule has 0 aliphatic rings. The summed E-state index contributed by atoms with van der Waals surface area (Å²) in [4.78, 5) is 2.64. The Morgan fingerprint density at radius 2 is 1.50 bits per heavy atom. The van der Waals surface area contributed by atoms with Crippen LogP contribution in [0, 0.1) is 0 Å². The fourth-order valence-corrected chi connectivity index (χ4v) is 2.46. The molecule has 0 aromatic rings. The summed E-state index contributed by atoms with van der Waals surface area (Å²) in [6.45, 7) is 15.1. The molecule has 0 rings (SSSR count). The van der Waals surface area contributed by atoms with E-state index in [9.17, 15) is 0 Å². The van der Waals surface area contributed by atoms with Gasteiger partial charge in [-0.05, 0) is 46.7 Å². The van der Waals surface area contributed by atoms with Crippen LogP contribution in [0.25, 0.3) is 0 Å². The predicted molar refractivity (Wildman–Crippen MR) is 83.2 cm³/mol. The number of hydrogen-bond donors (Lipinski definition) is 1. The van der Waals surface area contributed by atoms with Crippen molar-refractivity contribution in [2.24, 2.45) is 0 Å². The van der Waals surface area contributed by atoms with Crippen molar-refractivity contribution in [1.29, 1.82) is 0 Å². The summed E-state index contributed by atoms with van der Waals surface area (Å²) in [7, 11) is 0. The largest absolute Gasteiger partial charge is 0.315 e. The Kier molecular flexibility index (Phi) is 11.9. The molecule has 0 heterocycles. The maximum Gasteiger partial charge on any atom is 0.0195 e. The molecule has 18 heavy (non-hydrogen) atoms. The fourth-order valence-electron chi connectivity index (χ4n) is 2.46. The predicted octanol–water partition coefficient (Wildman–Crippen LogP) is 4.06. The first-order chi connectivity index (χ1) is 8.63. The Labute approximate surface area is 116 Å². The van der Waals surface area contributed by atoms with E-state index < -0.39 is 0 Å². The molecular weight excluding hydrogens is 220 g/mol. The quantitative estimate of drug-likeness (QED) is 0.530. The van der Waals surface area contributed by atoms with Crippen molar-refractivity contribution < 1.29 is 0 Å². The molecule has 0 aromatic carbocycles. The van der Waals surface area contributed by atoms with Gasteiger partial charge < -0.3 is 5.32 Å². The first-order valence-electron chi connectivity index (χ1n) is 8.09. The summed E-state index contributed by atoms with van der Waals surface area (Å²) >= 11 is 0. The molecule has 2 heteroatoms. The Hall–Kier alpha value is -0.0800. The minimum atomic E-state index is 0.656. The lowest BCUT2D eigenvalue weighted by molar-refractivity contribution is 0.158. The highest BCUT2D eigenvalue weighted by Crippen LogP contribution is 2.08. The van der Waals surface area contributed by atoms with Crippen molar-refractivity contribution in [3.8, 4) is 0 Å². The number of rotatable bonds is 12. The van der Waals surface area contributed by atoms with E-state index in [-0.39, 0.29) is 0 Å². The third kappa shape index (κ3) is 8.93. The zero-order valence-electron chi connectivity index (χ0n) is 13.5. The van der Waals surface area contributed by atoms with E-state index in [4.69, 9.17) is 0 Å². The van der Waals surface area contributed by atoms with E-state index >= 15 is 0 Å². The van der Waals surface area contributed by atoms with Crippen LogP contribution < -0.4 is 5.32 Å². The van der Waals surface area contributed by atoms with Crippen molar-refractivity contribution >= 4 is 0 Å². The molecule has 110 valence electrons. The lowest BCUT2D eigenvalue weighted by Gasteiger charge is -2.33. The van der Waals surface area contributed by atoms with Gasteiger partial charge in [-0.2, -0.15) is 0 Å². The van der Waals surface area contributed by atoms with Gasteiger partial charge in [0.05, 0.1) is 0 Å². The number of nitrogens with zero attached hydrogens (tertiary/aromatic N) is 1. The Morgan fingerprint density at radius 1 is 0.889 bits per heavy atom. The first-order valence-corrected chi connectivity index (χ1v) is 8.09. The van der Waals surface area contributed by atoms with Crippen LogP contribution in [0.1, 0.15) is 73.1 Å². The molecule has 0 saturated carbocycles. The van der Waals surface area contributed by atoms with Gasteiger partial charge in [-0.25, -0.2) is 0 Å². The van der Waals surface area contributed by atoms with Crippen LogP contribution in [-0.2, 0) is 0 Å². The summed E-state index contributed by atoms with van der Waals surface area (Å²) in [5.74, 6) is 0. The highest BCUT2D eigenvalue weighted by atomic mass is 15.2. The van der Waals surface area contributed by atoms with Gasteiger partial charge in [-0.15, -0.1) is 0 Å². The third-order valence-electron chi connectivity index (χ3n) is 3.65. The third-order valence-corrected chi connectivity index (χ3v) is 3.65. The smallest absolute Gasteiger partial charge is 0.0195 e. The van der Waals surface area contributed by atoms with Crippen molar-refractivity contribution in [2.45, 2.75) is 85.2 Å². The highest BCUT2D eigenvalue weighted by Gasteiger charge is 2.15. The van der Waals surface area contributed by atoms with Gasteiger partial charge in [0.15, 0.2) is 0 Å². The topological polar surface area (TPSA) is 15.3 Å². The summed E-state index contributed by atoms with van der Waals surface area (Å²) in [6, 6.07) is 1.32. The van der Waals surface area contributed by atoms with Gasteiger partial charge in [0.25, 0.3) is 0 Å². The van der Waals surface area contributed by atoms with Gasteiger partial charge in [-0.1, -0.05) is 39.5 Å². The lowest BCUT2D eigenvalue weighted by atomic mass is 10.1. The average molecular weight is 256 g/mol. The first kappa shape index (κ1) is 17.9. The second kappa shape index (κ2) is 12.0. The molecule has 0 aliphatic carbocycles. The zero-order valence-corrected chi connectivity index (χ0v) is 13.5. The van der Waals surface area contributed by atoms with Crippen molar-refractivity contribution in [2.75, 3.05) is 19.6 Å². The van der Waals surface area contributed by atoms with Crippen LogP contribution in [0.15, 0.2) is 0 Å². The average Bonchev–Trinajstić information content (AvgIpc) is 2.33. The SMILES string of the molecule is CCCCCNCC(C)N(CCCCC)C(C)C. The van der Waals surface area contributed by atoms with Crippen molar-refractivity contribution in [3.63, 3.8) is 0 Å². The zero-order chi connectivity index (χ0) is 13.8. The second-order valence-corrected chi connectivity index (χ2v) is 5.80. The summed E-state index contributed by atoms with van der Waals surface area (Å²) in [5.41, 5.74) is 0. The molecule has 0 saturated heterocycles. The number of nitrogens with one attached hydrogen (secondary N) is 1. The molecular formula is C16H36N2. The van der Waals surface area contributed by atoms with E-state index in [1.807, 2.05) is 0 Å². The van der Waals surface area contributed by atoms with Crippen LogP contribution in [0.2, 0.25) is 0 Å². The molecule has 2 nitrogen and oxygen atoms in total. The van der Waals surface area contributed by atoms with Gasteiger partial charge in [0.1, 0.15) is 0 Å². The molecule has 0 amide bonds. The van der Waals surface area contributed by atoms with E-state index in [0.717, 1.165) is 6.54 Å². The van der Waals surface area contributed by atoms with Crippen LogP contribution >= 0.6 is 0 Å². The minimum Gasteiger partial charge on any atom is -0.315 e. The molecule has 0 spiro atoms. The maximum atomic E-state index is 3.60. The maximum absolute atomic E-state index is 3.60. The Bertz CT molecular complexity index is 168. The van der Waals surface area contributed by atoms with Crippen molar-refractivity contribution in [3.05, 3.63) is 0 Å². The van der Waals surface area contributed by atoms with Crippen molar-refractivity contribution in [1.82, 2.24) is 10.2 Å². The van der Waals surface area contributed by atoms with E-state index in [0.29, 0.717) is 12.1 Å². The standard InChI is InChI=1S/C16H36N2/c1-6-8-10-12-17-14-16(5)18(15(3)4)13-11-9-7-2/h15-17H,6-14H2,1-5H3. The van der Waals surface area contributed by atoms with E-state index in [1.54, 1.807) is 0 Å². The Morgan fingerprint density at radius 3 is 2.06 bits per heavy atom. The molecule has 0 aromatic heterocycles. The number of unbranched alkanes of at least 4 members (excludes halogenated alkanes) is 4.